The summed E-state index contributed by atoms with van der Waals surface area (Å²) in [6, 6.07) is 16.8. The third kappa shape index (κ3) is 4.59. The molecule has 1 atom stereocenters. The average molecular weight is 336 g/mol. The zero-order chi connectivity index (χ0) is 17.5. The number of methoxy groups -OCH3 is 1. The highest BCUT2D eigenvalue weighted by molar-refractivity contribution is 5.17. The first-order chi connectivity index (χ1) is 12.3. The first-order valence-electron chi connectivity index (χ1n) is 7.99. The van der Waals surface area contributed by atoms with Gasteiger partial charge in [0, 0.05) is 31.5 Å². The molecule has 0 saturated heterocycles. The molecule has 3 aromatic rings. The first-order valence-corrected chi connectivity index (χ1v) is 7.99. The lowest BCUT2D eigenvalue weighted by atomic mass is 10.2. The molecular weight excluding hydrogens is 316 g/mol. The van der Waals surface area contributed by atoms with Crippen molar-refractivity contribution in [2.24, 2.45) is 0 Å². The number of aliphatic hydroxyl groups excluding tert-OH is 1. The van der Waals surface area contributed by atoms with Crippen molar-refractivity contribution in [1.29, 1.82) is 0 Å². The highest BCUT2D eigenvalue weighted by Crippen LogP contribution is 2.22. The van der Waals surface area contributed by atoms with Crippen LogP contribution in [-0.2, 0) is 13.1 Å². The summed E-state index contributed by atoms with van der Waals surface area (Å²) in [6.07, 6.45) is 2.58. The number of aromatic nitrogens is 3. The van der Waals surface area contributed by atoms with Crippen LogP contribution in [0.15, 0.2) is 67.0 Å². The summed E-state index contributed by atoms with van der Waals surface area (Å²) >= 11 is 0. The van der Waals surface area contributed by atoms with E-state index in [-0.39, 0.29) is 0 Å². The molecule has 1 unspecified atom stereocenters. The Hall–Kier alpha value is -2.83. The van der Waals surface area contributed by atoms with E-state index in [4.69, 9.17) is 4.74 Å². The van der Waals surface area contributed by atoms with Crippen molar-refractivity contribution in [3.05, 3.63) is 84.1 Å². The van der Waals surface area contributed by atoms with Crippen LogP contribution in [0.3, 0.4) is 0 Å². The molecule has 128 valence electrons. The predicted octanol–water partition coefficient (Wildman–Crippen LogP) is 2.57. The van der Waals surface area contributed by atoms with Crippen LogP contribution >= 0.6 is 0 Å². The average Bonchev–Trinajstić information content (AvgIpc) is 2.68. The lowest BCUT2D eigenvalue weighted by Gasteiger charge is -2.27. The zero-order valence-corrected chi connectivity index (χ0v) is 14.0. The third-order valence-corrected chi connectivity index (χ3v) is 3.75. The van der Waals surface area contributed by atoms with E-state index in [1.54, 1.807) is 31.6 Å². The number of pyridine rings is 3. The van der Waals surface area contributed by atoms with Gasteiger partial charge in [0.2, 0.25) is 5.88 Å². The monoisotopic (exact) mass is 336 g/mol. The maximum absolute atomic E-state index is 10.9. The van der Waals surface area contributed by atoms with Gasteiger partial charge in [-0.25, -0.2) is 4.98 Å². The molecule has 0 amide bonds. The van der Waals surface area contributed by atoms with Crippen molar-refractivity contribution >= 4 is 0 Å². The first kappa shape index (κ1) is 17.0. The van der Waals surface area contributed by atoms with E-state index in [0.29, 0.717) is 24.7 Å². The molecule has 0 aliphatic rings. The molecule has 25 heavy (non-hydrogen) atoms. The van der Waals surface area contributed by atoms with Gasteiger partial charge in [-0.15, -0.1) is 0 Å². The van der Waals surface area contributed by atoms with Crippen LogP contribution in [0.5, 0.6) is 5.88 Å². The molecular formula is C19H20N4O2. The van der Waals surface area contributed by atoms with Crippen molar-refractivity contribution in [1.82, 2.24) is 19.9 Å². The van der Waals surface area contributed by atoms with Crippen molar-refractivity contribution < 1.29 is 9.84 Å². The minimum atomic E-state index is -0.904. The minimum Gasteiger partial charge on any atom is -0.481 e. The summed E-state index contributed by atoms with van der Waals surface area (Å²) in [5, 5.41) is 10.9. The predicted molar refractivity (Wildman–Crippen MR) is 93.5 cm³/mol. The van der Waals surface area contributed by atoms with Crippen molar-refractivity contribution in [2.45, 2.75) is 19.3 Å². The SMILES string of the molecule is COc1cccc(C(O)N(Cc2ccccn2)Cc2ccccn2)n1. The van der Waals surface area contributed by atoms with Gasteiger partial charge in [0.05, 0.1) is 24.2 Å². The van der Waals surface area contributed by atoms with Gasteiger partial charge in [0.1, 0.15) is 0 Å². The van der Waals surface area contributed by atoms with Gasteiger partial charge in [0.25, 0.3) is 0 Å². The van der Waals surface area contributed by atoms with Gasteiger partial charge in [-0.2, -0.15) is 0 Å². The van der Waals surface area contributed by atoms with Crippen molar-refractivity contribution in [2.75, 3.05) is 7.11 Å². The molecule has 0 aliphatic carbocycles. The van der Waals surface area contributed by atoms with Gasteiger partial charge in [0.15, 0.2) is 6.23 Å². The fourth-order valence-electron chi connectivity index (χ4n) is 2.50. The molecule has 1 N–H and O–H groups in total. The van der Waals surface area contributed by atoms with Crippen LogP contribution in [0.1, 0.15) is 23.3 Å². The molecule has 0 aliphatic heterocycles. The fraction of sp³-hybridized carbons (Fsp3) is 0.211. The lowest BCUT2D eigenvalue weighted by molar-refractivity contribution is -0.0155. The Kier molecular flexibility index (Phi) is 5.66. The van der Waals surface area contributed by atoms with Gasteiger partial charge in [-0.1, -0.05) is 18.2 Å². The summed E-state index contributed by atoms with van der Waals surface area (Å²) in [5.41, 5.74) is 2.24. The van der Waals surface area contributed by atoms with E-state index in [9.17, 15) is 5.11 Å². The topological polar surface area (TPSA) is 71.4 Å². The third-order valence-electron chi connectivity index (χ3n) is 3.75. The van der Waals surface area contributed by atoms with E-state index in [1.807, 2.05) is 47.4 Å². The second-order valence-electron chi connectivity index (χ2n) is 5.53. The number of rotatable bonds is 7. The second-order valence-corrected chi connectivity index (χ2v) is 5.53. The Balaban J connectivity index is 1.86. The summed E-state index contributed by atoms with van der Waals surface area (Å²) in [7, 11) is 1.55. The second kappa shape index (κ2) is 8.32. The number of hydrogen-bond donors (Lipinski definition) is 1. The largest absolute Gasteiger partial charge is 0.481 e. The smallest absolute Gasteiger partial charge is 0.213 e. The van der Waals surface area contributed by atoms with Crippen molar-refractivity contribution in [3.63, 3.8) is 0 Å². The maximum atomic E-state index is 10.9. The normalized spacial score (nSPS) is 12.1. The maximum Gasteiger partial charge on any atom is 0.213 e. The lowest BCUT2D eigenvalue weighted by Crippen LogP contribution is -2.29. The Morgan fingerprint density at radius 2 is 1.56 bits per heavy atom. The van der Waals surface area contributed by atoms with Crippen LogP contribution in [0.25, 0.3) is 0 Å². The van der Waals surface area contributed by atoms with E-state index < -0.39 is 6.23 Å². The Morgan fingerprint density at radius 1 is 0.920 bits per heavy atom. The number of nitrogens with zero attached hydrogens (tertiary/aromatic N) is 4. The minimum absolute atomic E-state index is 0.465. The Morgan fingerprint density at radius 3 is 2.08 bits per heavy atom. The fourth-order valence-corrected chi connectivity index (χ4v) is 2.50. The summed E-state index contributed by atoms with van der Waals surface area (Å²) in [6.45, 7) is 0.939. The van der Waals surface area contributed by atoms with Crippen LogP contribution in [0, 0.1) is 0 Å². The van der Waals surface area contributed by atoms with Crippen LogP contribution in [-0.4, -0.2) is 32.1 Å². The van der Waals surface area contributed by atoms with Gasteiger partial charge >= 0.3 is 0 Å². The molecule has 0 aromatic carbocycles. The summed E-state index contributed by atoms with van der Waals surface area (Å²) < 4.78 is 5.16. The molecule has 6 nitrogen and oxygen atoms in total. The van der Waals surface area contributed by atoms with Crippen LogP contribution in [0.4, 0.5) is 0 Å². The molecule has 0 bridgehead atoms. The quantitative estimate of drug-likeness (QED) is 0.669. The Bertz CT molecular complexity index is 742. The Labute approximate surface area is 146 Å². The molecule has 3 aromatic heterocycles. The molecule has 6 heteroatoms. The van der Waals surface area contributed by atoms with E-state index in [2.05, 4.69) is 15.0 Å². The number of aliphatic hydroxyl groups is 1. The molecule has 0 radical (unpaired) electrons. The summed E-state index contributed by atoms with van der Waals surface area (Å²) in [4.78, 5) is 14.9. The number of hydrogen-bond acceptors (Lipinski definition) is 6. The molecule has 0 fully saturated rings. The molecule has 0 saturated carbocycles. The highest BCUT2D eigenvalue weighted by Gasteiger charge is 2.21. The standard InChI is InChI=1S/C19H20N4O2/c1-25-18-10-6-9-17(22-18)19(24)23(13-15-7-2-4-11-20-15)14-16-8-3-5-12-21-16/h2-12,19,24H,13-14H2,1H3. The van der Waals surface area contributed by atoms with Crippen LogP contribution < -0.4 is 4.74 Å². The van der Waals surface area contributed by atoms with Gasteiger partial charge in [-0.3, -0.25) is 14.9 Å². The summed E-state index contributed by atoms with van der Waals surface area (Å²) in [5.74, 6) is 0.465. The van der Waals surface area contributed by atoms with E-state index in [0.717, 1.165) is 11.4 Å². The van der Waals surface area contributed by atoms with Crippen molar-refractivity contribution in [3.8, 4) is 5.88 Å². The molecule has 3 heterocycles. The molecule has 0 spiro atoms. The highest BCUT2D eigenvalue weighted by atomic mass is 16.5. The van der Waals surface area contributed by atoms with E-state index in [1.165, 1.54) is 0 Å². The molecule has 3 rings (SSSR count). The van der Waals surface area contributed by atoms with Gasteiger partial charge in [-0.05, 0) is 30.3 Å². The number of ether oxygens (including phenoxy) is 1. The van der Waals surface area contributed by atoms with E-state index >= 15 is 0 Å². The van der Waals surface area contributed by atoms with Gasteiger partial charge < -0.3 is 9.84 Å². The van der Waals surface area contributed by atoms with Crippen LogP contribution in [0.2, 0.25) is 0 Å². The zero-order valence-electron chi connectivity index (χ0n) is 14.0.